The number of hydrogen-bond acceptors (Lipinski definition) is 10. The van der Waals surface area contributed by atoms with Crippen LogP contribution >= 0.6 is 7.14 Å². The molecule has 0 saturated heterocycles. The van der Waals surface area contributed by atoms with Gasteiger partial charge in [0, 0.05) is 54.9 Å². The number of carbonyl (C=O) groups excluding carboxylic acids is 1. The average molecular weight is 468 g/mol. The highest BCUT2D eigenvalue weighted by atomic mass is 31.2. The van der Waals surface area contributed by atoms with Crippen molar-refractivity contribution in [3.8, 4) is 17.1 Å². The summed E-state index contributed by atoms with van der Waals surface area (Å²) in [6.07, 6.45) is 7.37. The predicted octanol–water partition coefficient (Wildman–Crippen LogP) is 4.70. The fourth-order valence-electron chi connectivity index (χ4n) is 3.32. The second-order valence-corrected chi connectivity index (χ2v) is 10.7. The van der Waals surface area contributed by atoms with Crippen LogP contribution in [0.15, 0.2) is 42.1 Å². The zero-order valence-electron chi connectivity index (χ0n) is 18.9. The van der Waals surface area contributed by atoms with E-state index in [-0.39, 0.29) is 18.0 Å². The van der Waals surface area contributed by atoms with Crippen molar-refractivity contribution in [3.63, 3.8) is 0 Å². The predicted molar refractivity (Wildman–Crippen MR) is 128 cm³/mol. The van der Waals surface area contributed by atoms with Crippen LogP contribution in [0.25, 0.3) is 11.4 Å². The Balaban J connectivity index is 2.04. The van der Waals surface area contributed by atoms with Crippen molar-refractivity contribution in [3.05, 3.63) is 47.4 Å². The summed E-state index contributed by atoms with van der Waals surface area (Å²) in [6.45, 7) is 5.52. The first-order chi connectivity index (χ1) is 15.9. The standard InChI is InChI=1S/C22H25N6O4P/c1-5-18(29)16-13-24-19(28-30)10-17(16)27-22-20(32-4)15(8-9-23-22)21-25-11-14(12-26-21)33(31,6-2)7-3/h8-13H,5-7H2,1-4H3,(H,23,24,27). The molecule has 0 bridgehead atoms. The number of ketones is 1. The van der Waals surface area contributed by atoms with Crippen molar-refractivity contribution >= 4 is 35.6 Å². The minimum atomic E-state index is -2.50. The van der Waals surface area contributed by atoms with Gasteiger partial charge >= 0.3 is 0 Å². The summed E-state index contributed by atoms with van der Waals surface area (Å²) in [4.78, 5) is 40.3. The normalized spacial score (nSPS) is 11.2. The number of aromatic nitrogens is 4. The van der Waals surface area contributed by atoms with Crippen molar-refractivity contribution in [2.45, 2.75) is 27.2 Å². The van der Waals surface area contributed by atoms with Gasteiger partial charge in [0.25, 0.3) is 0 Å². The molecule has 11 heteroatoms. The lowest BCUT2D eigenvalue weighted by molar-refractivity contribution is 0.0988. The number of carbonyl (C=O) groups is 1. The van der Waals surface area contributed by atoms with Crippen LogP contribution in [0.1, 0.15) is 37.6 Å². The second kappa shape index (κ2) is 10.4. The van der Waals surface area contributed by atoms with Gasteiger partial charge in [-0.1, -0.05) is 20.8 Å². The molecule has 0 saturated carbocycles. The maximum absolute atomic E-state index is 13.0. The molecule has 0 atom stereocenters. The van der Waals surface area contributed by atoms with E-state index in [0.29, 0.717) is 51.8 Å². The lowest BCUT2D eigenvalue weighted by Crippen LogP contribution is -2.11. The number of rotatable bonds is 10. The molecule has 0 unspecified atom stereocenters. The van der Waals surface area contributed by atoms with Crippen LogP contribution in [0, 0.1) is 4.91 Å². The first kappa shape index (κ1) is 24.1. The fourth-order valence-corrected chi connectivity index (χ4v) is 5.03. The smallest absolute Gasteiger partial charge is 0.198 e. The van der Waals surface area contributed by atoms with Gasteiger partial charge in [0.15, 0.2) is 29.0 Å². The van der Waals surface area contributed by atoms with Crippen LogP contribution in [-0.4, -0.2) is 45.2 Å². The number of pyridine rings is 2. The maximum atomic E-state index is 13.0. The van der Waals surface area contributed by atoms with E-state index >= 15 is 0 Å². The van der Waals surface area contributed by atoms with Gasteiger partial charge in [-0.15, -0.1) is 4.91 Å². The van der Waals surface area contributed by atoms with Crippen LogP contribution in [0.2, 0.25) is 0 Å². The molecule has 0 aliphatic heterocycles. The molecular formula is C22H25N6O4P. The molecule has 0 amide bonds. The third kappa shape index (κ3) is 4.96. The number of methoxy groups -OCH3 is 1. The zero-order chi connectivity index (χ0) is 24.0. The Kier molecular flexibility index (Phi) is 7.60. The Bertz CT molecular complexity index is 1210. The summed E-state index contributed by atoms with van der Waals surface area (Å²) in [6, 6.07) is 3.07. The van der Waals surface area contributed by atoms with Crippen LogP contribution in [-0.2, 0) is 4.57 Å². The van der Waals surface area contributed by atoms with Crippen molar-refractivity contribution in [1.29, 1.82) is 0 Å². The van der Waals surface area contributed by atoms with Crippen LogP contribution in [0.4, 0.5) is 17.3 Å². The Morgan fingerprint density at radius 2 is 1.79 bits per heavy atom. The molecule has 1 N–H and O–H groups in total. The van der Waals surface area contributed by atoms with E-state index in [0.717, 1.165) is 0 Å². The largest absolute Gasteiger partial charge is 0.492 e. The SMILES string of the molecule is CCC(=O)c1cnc(N=O)cc1Nc1nccc(-c2ncc(P(=O)(CC)CC)cn2)c1OC. The van der Waals surface area contributed by atoms with Gasteiger partial charge in [-0.3, -0.25) is 4.79 Å². The highest BCUT2D eigenvalue weighted by molar-refractivity contribution is 7.71. The Morgan fingerprint density at radius 3 is 2.36 bits per heavy atom. The minimum Gasteiger partial charge on any atom is -0.492 e. The second-order valence-electron chi connectivity index (χ2n) is 7.11. The van der Waals surface area contributed by atoms with Gasteiger partial charge in [-0.25, -0.2) is 19.9 Å². The molecular weight excluding hydrogens is 443 g/mol. The van der Waals surface area contributed by atoms with Crippen LogP contribution in [0.3, 0.4) is 0 Å². The number of nitroso groups, excluding NO2 is 1. The molecule has 0 fully saturated rings. The summed E-state index contributed by atoms with van der Waals surface area (Å²) < 4.78 is 18.5. The Morgan fingerprint density at radius 1 is 1.09 bits per heavy atom. The highest BCUT2D eigenvalue weighted by Gasteiger charge is 2.22. The van der Waals surface area contributed by atoms with Gasteiger partial charge in [-0.05, 0) is 11.2 Å². The van der Waals surface area contributed by atoms with Crippen molar-refractivity contribution in [2.24, 2.45) is 5.18 Å². The third-order valence-electron chi connectivity index (χ3n) is 5.34. The number of hydrogen-bond donors (Lipinski definition) is 1. The third-order valence-corrected chi connectivity index (χ3v) is 8.55. The van der Waals surface area contributed by atoms with Crippen molar-refractivity contribution < 1.29 is 14.1 Å². The van der Waals surface area contributed by atoms with E-state index in [2.05, 4.69) is 30.4 Å². The molecule has 3 aromatic rings. The van der Waals surface area contributed by atoms with E-state index in [1.807, 2.05) is 13.8 Å². The quantitative estimate of drug-likeness (QED) is 0.255. The van der Waals surface area contributed by atoms with Crippen molar-refractivity contribution in [2.75, 3.05) is 24.8 Å². The molecule has 10 nitrogen and oxygen atoms in total. The average Bonchev–Trinajstić information content (AvgIpc) is 2.87. The van der Waals surface area contributed by atoms with Gasteiger partial charge in [-0.2, -0.15) is 0 Å². The minimum absolute atomic E-state index is 0.0736. The monoisotopic (exact) mass is 468 g/mol. The first-order valence-electron chi connectivity index (χ1n) is 10.5. The number of Topliss-reactive ketones (excluding diaryl/α,β-unsaturated/α-hetero) is 1. The fraction of sp³-hybridized carbons (Fsp3) is 0.318. The van der Waals surface area contributed by atoms with Gasteiger partial charge < -0.3 is 14.6 Å². The molecule has 0 radical (unpaired) electrons. The Hall–Kier alpha value is -3.52. The molecule has 172 valence electrons. The molecule has 0 aromatic carbocycles. The summed E-state index contributed by atoms with van der Waals surface area (Å²) in [5.41, 5.74) is 1.18. The van der Waals surface area contributed by atoms with Crippen LogP contribution < -0.4 is 15.4 Å². The lowest BCUT2D eigenvalue weighted by atomic mass is 10.1. The van der Waals surface area contributed by atoms with Gasteiger partial charge in [0.2, 0.25) is 0 Å². The zero-order valence-corrected chi connectivity index (χ0v) is 19.8. The summed E-state index contributed by atoms with van der Waals surface area (Å²) in [5.74, 6) is 0.772. The number of ether oxygens (including phenoxy) is 1. The van der Waals surface area contributed by atoms with E-state index in [1.165, 1.54) is 19.4 Å². The molecule has 0 aliphatic rings. The number of nitrogens with one attached hydrogen (secondary N) is 1. The number of nitrogens with zero attached hydrogens (tertiary/aromatic N) is 5. The van der Waals surface area contributed by atoms with E-state index in [9.17, 15) is 14.3 Å². The molecule has 3 aromatic heterocycles. The van der Waals surface area contributed by atoms with Gasteiger partial charge in [0.05, 0.1) is 23.9 Å². The molecule has 3 rings (SSSR count). The van der Waals surface area contributed by atoms with E-state index < -0.39 is 7.14 Å². The van der Waals surface area contributed by atoms with E-state index in [4.69, 9.17) is 4.74 Å². The first-order valence-corrected chi connectivity index (χ1v) is 12.6. The highest BCUT2D eigenvalue weighted by Crippen LogP contribution is 2.43. The summed E-state index contributed by atoms with van der Waals surface area (Å²) in [5, 5.41) is 6.53. The molecule has 0 spiro atoms. The van der Waals surface area contributed by atoms with E-state index in [1.54, 1.807) is 31.6 Å². The van der Waals surface area contributed by atoms with Crippen molar-refractivity contribution in [1.82, 2.24) is 19.9 Å². The summed E-state index contributed by atoms with van der Waals surface area (Å²) in [7, 11) is -1.02. The summed E-state index contributed by atoms with van der Waals surface area (Å²) >= 11 is 0. The molecule has 0 aliphatic carbocycles. The Labute approximate surface area is 191 Å². The molecule has 33 heavy (non-hydrogen) atoms. The maximum Gasteiger partial charge on any atom is 0.198 e. The van der Waals surface area contributed by atoms with Crippen LogP contribution in [0.5, 0.6) is 5.75 Å². The number of anilines is 2. The van der Waals surface area contributed by atoms with Gasteiger partial charge in [0.1, 0.15) is 7.14 Å². The lowest BCUT2D eigenvalue weighted by Gasteiger charge is -2.16. The molecule has 3 heterocycles. The topological polar surface area (TPSA) is 136 Å².